The molecule has 1 atom stereocenters. The first-order valence-corrected chi connectivity index (χ1v) is 9.66. The number of carbonyl (C=O) groups excluding carboxylic acids is 2. The standard InChI is InChI=1S/C19H29N4O3/c1-5-6-7-8-9-10-11-12-22-17(24)15-16(21(4)19(22)25)20-18-23(15)13(2)14(3)26-18/h15H,5-12H2,1-4H3/q+1. The van der Waals surface area contributed by atoms with Crippen molar-refractivity contribution in [3.8, 4) is 0 Å². The number of nitrogens with zero attached hydrogens (tertiary/aromatic N) is 4. The normalized spacial score (nSPS) is 19.1. The third-order valence-electron chi connectivity index (χ3n) is 5.38. The van der Waals surface area contributed by atoms with Crippen LogP contribution in [0, 0.1) is 13.8 Å². The number of hydrogen-bond donors (Lipinski definition) is 0. The van der Waals surface area contributed by atoms with Crippen molar-refractivity contribution in [3.05, 3.63) is 11.5 Å². The van der Waals surface area contributed by atoms with Crippen molar-refractivity contribution >= 4 is 23.8 Å². The first-order chi connectivity index (χ1) is 12.5. The summed E-state index contributed by atoms with van der Waals surface area (Å²) >= 11 is 0. The van der Waals surface area contributed by atoms with Crippen molar-refractivity contribution in [1.29, 1.82) is 0 Å². The van der Waals surface area contributed by atoms with Gasteiger partial charge in [0, 0.05) is 25.5 Å². The maximum atomic E-state index is 13.0. The number of oxazole rings is 1. The van der Waals surface area contributed by atoms with Crippen molar-refractivity contribution in [1.82, 2.24) is 9.80 Å². The van der Waals surface area contributed by atoms with E-state index in [0.29, 0.717) is 18.4 Å². The number of imide groups is 1. The second-order valence-corrected chi connectivity index (χ2v) is 7.22. The molecule has 0 radical (unpaired) electrons. The summed E-state index contributed by atoms with van der Waals surface area (Å²) in [7, 11) is 1.67. The Morgan fingerprint density at radius 1 is 1.08 bits per heavy atom. The maximum absolute atomic E-state index is 13.0. The van der Waals surface area contributed by atoms with Gasteiger partial charge in [-0.3, -0.25) is 14.6 Å². The number of aliphatic imine (C=N–C) groups is 1. The van der Waals surface area contributed by atoms with Crippen molar-refractivity contribution in [3.63, 3.8) is 0 Å². The minimum atomic E-state index is -0.588. The highest BCUT2D eigenvalue weighted by Crippen LogP contribution is 2.30. The number of fused-ring (bicyclic) bond motifs is 3. The van der Waals surface area contributed by atoms with Crippen molar-refractivity contribution in [2.45, 2.75) is 71.8 Å². The number of aryl methyl sites for hydroxylation is 1. The Kier molecular flexibility index (Phi) is 5.44. The fourth-order valence-corrected chi connectivity index (χ4v) is 3.66. The lowest BCUT2D eigenvalue weighted by molar-refractivity contribution is -0.685. The van der Waals surface area contributed by atoms with Crippen LogP contribution in [0.2, 0.25) is 0 Å². The van der Waals surface area contributed by atoms with Gasteiger partial charge in [-0.15, -0.1) is 0 Å². The first kappa shape index (κ1) is 18.6. The minimum absolute atomic E-state index is 0.203. The molecule has 0 aromatic carbocycles. The van der Waals surface area contributed by atoms with Gasteiger partial charge in [0.15, 0.2) is 5.76 Å². The second kappa shape index (κ2) is 7.60. The van der Waals surface area contributed by atoms with E-state index in [-0.39, 0.29) is 11.9 Å². The molecule has 0 N–H and O–H groups in total. The summed E-state index contributed by atoms with van der Waals surface area (Å²) in [4.78, 5) is 32.9. The van der Waals surface area contributed by atoms with Gasteiger partial charge in [-0.05, 0) is 13.3 Å². The number of amidine groups is 1. The number of rotatable bonds is 8. The fourth-order valence-electron chi connectivity index (χ4n) is 3.66. The van der Waals surface area contributed by atoms with Crippen LogP contribution in [0.1, 0.15) is 69.4 Å². The Morgan fingerprint density at radius 3 is 2.42 bits per heavy atom. The van der Waals surface area contributed by atoms with E-state index < -0.39 is 6.04 Å². The average molecular weight is 361 g/mol. The molecule has 26 heavy (non-hydrogen) atoms. The van der Waals surface area contributed by atoms with Crippen LogP contribution in [0.4, 0.5) is 10.8 Å². The molecule has 0 bridgehead atoms. The minimum Gasteiger partial charge on any atom is -0.389 e. The van der Waals surface area contributed by atoms with Crippen LogP contribution in [0.3, 0.4) is 0 Å². The molecule has 0 aliphatic carbocycles. The van der Waals surface area contributed by atoms with Crippen molar-refractivity contribution in [2.24, 2.45) is 4.99 Å². The van der Waals surface area contributed by atoms with E-state index in [1.54, 1.807) is 11.6 Å². The topological polar surface area (TPSA) is 70.0 Å². The molecule has 3 heterocycles. The molecule has 3 rings (SSSR count). The van der Waals surface area contributed by atoms with Gasteiger partial charge in [0.2, 0.25) is 0 Å². The smallest absolute Gasteiger partial charge is 0.389 e. The van der Waals surface area contributed by atoms with E-state index in [4.69, 9.17) is 4.42 Å². The number of aromatic nitrogens is 1. The molecule has 7 heteroatoms. The van der Waals surface area contributed by atoms with Gasteiger partial charge in [-0.25, -0.2) is 4.79 Å². The molecule has 1 aromatic rings. The van der Waals surface area contributed by atoms with Crippen molar-refractivity contribution < 1.29 is 18.6 Å². The molecular formula is C19H29N4O3+. The summed E-state index contributed by atoms with van der Waals surface area (Å²) in [5, 5.41) is 0. The quantitative estimate of drug-likeness (QED) is 0.526. The summed E-state index contributed by atoms with van der Waals surface area (Å²) in [5.41, 5.74) is 0.871. The Labute approximate surface area is 154 Å². The van der Waals surface area contributed by atoms with Gasteiger partial charge >= 0.3 is 12.0 Å². The average Bonchev–Trinajstić information content (AvgIpc) is 3.12. The van der Waals surface area contributed by atoms with E-state index in [1.165, 1.54) is 35.5 Å². The summed E-state index contributed by atoms with van der Waals surface area (Å²) in [6.07, 6.45) is 8.04. The Hall–Kier alpha value is -2.18. The van der Waals surface area contributed by atoms with E-state index >= 15 is 0 Å². The van der Waals surface area contributed by atoms with E-state index in [2.05, 4.69) is 11.9 Å². The molecule has 7 nitrogen and oxygen atoms in total. The molecule has 0 spiro atoms. The van der Waals surface area contributed by atoms with Gasteiger partial charge in [-0.1, -0.05) is 45.4 Å². The lowest BCUT2D eigenvalue weighted by Gasteiger charge is -2.32. The Balaban J connectivity index is 1.66. The van der Waals surface area contributed by atoms with Gasteiger partial charge in [0.25, 0.3) is 17.8 Å². The zero-order valence-corrected chi connectivity index (χ0v) is 16.2. The summed E-state index contributed by atoms with van der Waals surface area (Å²) in [6, 6.07) is -0.489. The number of hydrogen-bond acceptors (Lipinski definition) is 4. The Bertz CT molecular complexity index is 737. The SMILES string of the molecule is CCCCCCCCCN1C(=O)C2C(=Nc3oc(C)c(C)[n+]32)N(C)C1=O. The zero-order valence-electron chi connectivity index (χ0n) is 16.2. The second-order valence-electron chi connectivity index (χ2n) is 7.22. The summed E-state index contributed by atoms with van der Waals surface area (Å²) in [6.45, 7) is 6.43. The first-order valence-electron chi connectivity index (χ1n) is 9.66. The number of amides is 3. The van der Waals surface area contributed by atoms with Gasteiger partial charge in [-0.2, -0.15) is 4.57 Å². The predicted octanol–water partition coefficient (Wildman–Crippen LogP) is 3.41. The van der Waals surface area contributed by atoms with Crippen LogP contribution in [0.25, 0.3) is 0 Å². The van der Waals surface area contributed by atoms with Crippen LogP contribution in [-0.2, 0) is 4.79 Å². The van der Waals surface area contributed by atoms with Gasteiger partial charge in [0.05, 0.1) is 0 Å². The van der Waals surface area contributed by atoms with Crippen LogP contribution >= 0.6 is 0 Å². The monoisotopic (exact) mass is 361 g/mol. The van der Waals surface area contributed by atoms with E-state index in [9.17, 15) is 9.59 Å². The largest absolute Gasteiger partial charge is 0.507 e. The third kappa shape index (κ3) is 3.15. The summed E-state index contributed by atoms with van der Waals surface area (Å²) in [5.74, 6) is 0.997. The van der Waals surface area contributed by atoms with Crippen LogP contribution in [0.15, 0.2) is 9.41 Å². The highest BCUT2D eigenvalue weighted by molar-refractivity contribution is 6.18. The molecule has 1 fully saturated rings. The van der Waals surface area contributed by atoms with Crippen LogP contribution in [-0.4, -0.2) is 41.2 Å². The van der Waals surface area contributed by atoms with E-state index in [1.807, 2.05) is 13.8 Å². The number of carbonyl (C=O) groups is 2. The molecule has 0 saturated carbocycles. The molecule has 1 unspecified atom stereocenters. The fraction of sp³-hybridized carbons (Fsp3) is 0.684. The Morgan fingerprint density at radius 2 is 1.73 bits per heavy atom. The highest BCUT2D eigenvalue weighted by atomic mass is 16.4. The molecule has 142 valence electrons. The predicted molar refractivity (Wildman–Crippen MR) is 97.4 cm³/mol. The molecule has 1 saturated heterocycles. The van der Waals surface area contributed by atoms with Crippen LogP contribution < -0.4 is 4.57 Å². The number of likely N-dealkylation sites (N-methyl/N-ethyl adjacent to an activating group) is 1. The highest BCUT2D eigenvalue weighted by Gasteiger charge is 2.55. The van der Waals surface area contributed by atoms with E-state index in [0.717, 1.165) is 30.7 Å². The van der Waals surface area contributed by atoms with Crippen LogP contribution in [0.5, 0.6) is 0 Å². The lowest BCUT2D eigenvalue weighted by Crippen LogP contribution is -2.63. The summed E-state index contributed by atoms with van der Waals surface area (Å²) < 4.78 is 7.43. The van der Waals surface area contributed by atoms with Gasteiger partial charge < -0.3 is 4.42 Å². The molecule has 3 amide bonds. The number of urea groups is 1. The third-order valence-corrected chi connectivity index (χ3v) is 5.38. The van der Waals surface area contributed by atoms with Gasteiger partial charge in [0.1, 0.15) is 5.69 Å². The lowest BCUT2D eigenvalue weighted by atomic mass is 10.1. The maximum Gasteiger partial charge on any atom is 0.507 e. The molecule has 1 aromatic heterocycles. The molecular weight excluding hydrogens is 332 g/mol. The molecule has 2 aliphatic rings. The van der Waals surface area contributed by atoms with Crippen molar-refractivity contribution in [2.75, 3.05) is 13.6 Å². The molecule has 2 aliphatic heterocycles. The number of unbranched alkanes of at least 4 members (excludes halogenated alkanes) is 6. The zero-order chi connectivity index (χ0) is 18.8.